The Morgan fingerprint density at radius 3 is 2.50 bits per heavy atom. The van der Waals surface area contributed by atoms with Gasteiger partial charge in [-0.3, -0.25) is 5.10 Å². The Balaban J connectivity index is 2.96. The molecule has 0 atom stereocenters. The predicted molar refractivity (Wildman–Crippen MR) is 56.1 cm³/mol. The average molecular weight is 249 g/mol. The zero-order chi connectivity index (χ0) is 12.2. The Morgan fingerprint density at radius 1 is 1.50 bits per heavy atom. The molecule has 0 saturated heterocycles. The molecular weight excluding hydrogens is 234 g/mol. The zero-order valence-corrected chi connectivity index (χ0v) is 9.66. The van der Waals surface area contributed by atoms with Crippen LogP contribution >= 0.6 is 0 Å². The Bertz CT molecular complexity index is 402. The van der Waals surface area contributed by atoms with E-state index in [1.807, 2.05) is 0 Å². The van der Waals surface area contributed by atoms with Gasteiger partial charge < -0.3 is 10.2 Å². The molecule has 0 aromatic carbocycles. The first kappa shape index (κ1) is 13.1. The molecule has 92 valence electrons. The van der Waals surface area contributed by atoms with E-state index in [1.54, 1.807) is 6.92 Å². The molecule has 7 nitrogen and oxygen atoms in total. The molecule has 0 fully saturated rings. The van der Waals surface area contributed by atoms with Crippen LogP contribution in [0.25, 0.3) is 0 Å². The lowest BCUT2D eigenvalue weighted by Gasteiger charge is -2.28. The molecule has 0 aliphatic rings. The summed E-state index contributed by atoms with van der Waals surface area (Å²) in [5, 5.41) is 24.2. The first-order valence-corrected chi connectivity index (χ1v) is 6.22. The van der Waals surface area contributed by atoms with E-state index in [1.165, 1.54) is 6.20 Å². The van der Waals surface area contributed by atoms with E-state index in [2.05, 4.69) is 14.9 Å². The van der Waals surface area contributed by atoms with Crippen molar-refractivity contribution in [1.29, 1.82) is 0 Å². The molecule has 0 saturated carbocycles. The van der Waals surface area contributed by atoms with Gasteiger partial charge in [-0.25, -0.2) is 13.1 Å². The Hall–Kier alpha value is -0.960. The fraction of sp³-hybridized carbons (Fsp3) is 0.625. The highest BCUT2D eigenvalue weighted by molar-refractivity contribution is 7.89. The van der Waals surface area contributed by atoms with Crippen LogP contribution in [0, 0.1) is 0 Å². The fourth-order valence-electron chi connectivity index (χ4n) is 1.14. The molecule has 1 rings (SSSR count). The van der Waals surface area contributed by atoms with Crippen molar-refractivity contribution in [3.63, 3.8) is 0 Å². The van der Waals surface area contributed by atoms with Gasteiger partial charge in [0.25, 0.3) is 0 Å². The molecule has 16 heavy (non-hydrogen) atoms. The summed E-state index contributed by atoms with van der Waals surface area (Å²) in [6.07, 6.45) is 2.64. The molecule has 1 aromatic heterocycles. The number of hydrogen-bond acceptors (Lipinski definition) is 5. The summed E-state index contributed by atoms with van der Waals surface area (Å²) < 4.78 is 25.9. The molecule has 1 heterocycles. The molecule has 0 spiro atoms. The molecule has 0 amide bonds. The second kappa shape index (κ2) is 4.91. The maximum absolute atomic E-state index is 11.8. The van der Waals surface area contributed by atoms with E-state index in [9.17, 15) is 8.42 Å². The summed E-state index contributed by atoms with van der Waals surface area (Å²) in [6.45, 7) is 0.721. The number of sulfonamides is 1. The van der Waals surface area contributed by atoms with E-state index >= 15 is 0 Å². The van der Waals surface area contributed by atoms with Gasteiger partial charge in [-0.2, -0.15) is 5.10 Å². The second-order valence-electron chi connectivity index (χ2n) is 3.49. The van der Waals surface area contributed by atoms with Crippen molar-refractivity contribution in [3.05, 3.63) is 12.4 Å². The average Bonchev–Trinajstić information content (AvgIpc) is 2.80. The Labute approximate surface area is 93.6 Å². The van der Waals surface area contributed by atoms with Crippen molar-refractivity contribution < 1.29 is 18.6 Å². The third kappa shape index (κ3) is 2.59. The molecule has 1 aromatic rings. The highest BCUT2D eigenvalue weighted by Gasteiger charge is 2.32. The summed E-state index contributed by atoms with van der Waals surface area (Å²) in [5.74, 6) is 0. The normalized spacial score (nSPS) is 12.9. The number of aromatic amines is 1. The molecule has 0 aliphatic carbocycles. The summed E-state index contributed by atoms with van der Waals surface area (Å²) in [5.41, 5.74) is -1.24. The summed E-state index contributed by atoms with van der Waals surface area (Å²) in [6, 6.07) is 0. The second-order valence-corrected chi connectivity index (χ2v) is 5.17. The minimum atomic E-state index is -3.77. The van der Waals surface area contributed by atoms with Crippen molar-refractivity contribution in [2.45, 2.75) is 23.8 Å². The number of aliphatic hydroxyl groups excluding tert-OH is 2. The van der Waals surface area contributed by atoms with Crippen LogP contribution in [0.1, 0.15) is 13.3 Å². The van der Waals surface area contributed by atoms with E-state index in [-0.39, 0.29) is 11.3 Å². The van der Waals surface area contributed by atoms with Gasteiger partial charge >= 0.3 is 0 Å². The van der Waals surface area contributed by atoms with Crippen LogP contribution in [0.3, 0.4) is 0 Å². The topological polar surface area (TPSA) is 115 Å². The maximum atomic E-state index is 11.8. The van der Waals surface area contributed by atoms with Crippen LogP contribution in [0.5, 0.6) is 0 Å². The van der Waals surface area contributed by atoms with Crippen LogP contribution in [-0.4, -0.2) is 47.6 Å². The summed E-state index contributed by atoms with van der Waals surface area (Å²) in [4.78, 5) is -0.0350. The predicted octanol–water partition coefficient (Wildman–Crippen LogP) is -1.18. The van der Waals surface area contributed by atoms with Crippen molar-refractivity contribution in [2.75, 3.05) is 13.2 Å². The molecule has 0 aliphatic heterocycles. The number of H-pyrrole nitrogens is 1. The van der Waals surface area contributed by atoms with Crippen LogP contribution < -0.4 is 4.72 Å². The SMILES string of the molecule is CCC(CO)(CO)NS(=O)(=O)c1cn[nH]c1. The van der Waals surface area contributed by atoms with E-state index in [0.29, 0.717) is 0 Å². The van der Waals surface area contributed by atoms with E-state index in [4.69, 9.17) is 10.2 Å². The quantitative estimate of drug-likeness (QED) is 0.506. The largest absolute Gasteiger partial charge is 0.394 e. The van der Waals surface area contributed by atoms with Crippen molar-refractivity contribution in [2.24, 2.45) is 0 Å². The molecule has 8 heteroatoms. The number of hydrogen-bond donors (Lipinski definition) is 4. The molecule has 0 bridgehead atoms. The minimum Gasteiger partial charge on any atom is -0.394 e. The zero-order valence-electron chi connectivity index (χ0n) is 8.84. The summed E-state index contributed by atoms with van der Waals surface area (Å²) in [7, 11) is -3.77. The van der Waals surface area contributed by atoms with Crippen LogP contribution in [0.4, 0.5) is 0 Å². The highest BCUT2D eigenvalue weighted by atomic mass is 32.2. The monoisotopic (exact) mass is 249 g/mol. The van der Waals surface area contributed by atoms with Gasteiger partial charge in [0.05, 0.1) is 24.9 Å². The lowest BCUT2D eigenvalue weighted by molar-refractivity contribution is 0.105. The smallest absolute Gasteiger partial charge is 0.244 e. The minimum absolute atomic E-state index is 0.0350. The van der Waals surface area contributed by atoms with Crippen LogP contribution in [0.15, 0.2) is 17.3 Å². The number of nitrogens with one attached hydrogen (secondary N) is 2. The van der Waals surface area contributed by atoms with Gasteiger partial charge in [-0.15, -0.1) is 0 Å². The number of aromatic nitrogens is 2. The summed E-state index contributed by atoms with van der Waals surface area (Å²) >= 11 is 0. The lowest BCUT2D eigenvalue weighted by atomic mass is 10.0. The molecular formula is C8H15N3O4S. The third-order valence-electron chi connectivity index (χ3n) is 2.42. The van der Waals surface area contributed by atoms with Gasteiger partial charge in [-0.1, -0.05) is 6.92 Å². The third-order valence-corrected chi connectivity index (χ3v) is 3.96. The van der Waals surface area contributed by atoms with Gasteiger partial charge in [0.2, 0.25) is 10.0 Å². The molecule has 0 radical (unpaired) electrons. The van der Waals surface area contributed by atoms with Crippen LogP contribution in [-0.2, 0) is 10.0 Å². The van der Waals surface area contributed by atoms with Crippen LogP contribution in [0.2, 0.25) is 0 Å². The fourth-order valence-corrected chi connectivity index (χ4v) is 2.50. The Kier molecular flexibility index (Phi) is 4.03. The highest BCUT2D eigenvalue weighted by Crippen LogP contribution is 2.14. The van der Waals surface area contributed by atoms with Crippen molar-refractivity contribution in [3.8, 4) is 0 Å². The molecule has 0 unspecified atom stereocenters. The first-order chi connectivity index (χ1) is 7.49. The lowest BCUT2D eigenvalue weighted by Crippen LogP contribution is -2.53. The van der Waals surface area contributed by atoms with Gasteiger partial charge in [0.15, 0.2) is 0 Å². The standard InChI is InChI=1S/C8H15N3O4S/c1-2-8(5-12,6-13)11-16(14,15)7-3-9-10-4-7/h3-4,11-13H,2,5-6H2,1H3,(H,9,10). The maximum Gasteiger partial charge on any atom is 0.244 e. The molecule has 4 N–H and O–H groups in total. The van der Waals surface area contributed by atoms with E-state index < -0.39 is 28.8 Å². The van der Waals surface area contributed by atoms with Gasteiger partial charge in [-0.05, 0) is 6.42 Å². The number of rotatable bonds is 6. The van der Waals surface area contributed by atoms with Crippen molar-refractivity contribution in [1.82, 2.24) is 14.9 Å². The van der Waals surface area contributed by atoms with E-state index in [0.717, 1.165) is 6.20 Å². The Morgan fingerprint density at radius 2 is 2.12 bits per heavy atom. The van der Waals surface area contributed by atoms with Crippen molar-refractivity contribution >= 4 is 10.0 Å². The van der Waals surface area contributed by atoms with Gasteiger partial charge in [0, 0.05) is 6.20 Å². The first-order valence-electron chi connectivity index (χ1n) is 4.74. The number of nitrogens with zero attached hydrogens (tertiary/aromatic N) is 1. The van der Waals surface area contributed by atoms with Gasteiger partial charge in [0.1, 0.15) is 4.90 Å². The number of aliphatic hydroxyl groups is 2.